The van der Waals surface area contributed by atoms with Gasteiger partial charge in [-0.15, -0.1) is 0 Å². The van der Waals surface area contributed by atoms with Gasteiger partial charge in [-0.05, 0) is 49.8 Å². The van der Waals surface area contributed by atoms with E-state index >= 15 is 0 Å². The molecule has 1 aliphatic rings. The van der Waals surface area contributed by atoms with Gasteiger partial charge in [-0.1, -0.05) is 17.3 Å². The fraction of sp³-hybridized carbons (Fsp3) is 0.412. The van der Waals surface area contributed by atoms with E-state index in [2.05, 4.69) is 5.16 Å². The highest BCUT2D eigenvalue weighted by atomic mass is 19.1. The molecule has 5 heteroatoms. The Morgan fingerprint density at radius 3 is 2.77 bits per heavy atom. The predicted octanol–water partition coefficient (Wildman–Crippen LogP) is 3.22. The third kappa shape index (κ3) is 3.35. The zero-order chi connectivity index (χ0) is 15.5. The summed E-state index contributed by atoms with van der Waals surface area (Å²) >= 11 is 0. The number of halogens is 1. The Hall–Kier alpha value is -2.17. The summed E-state index contributed by atoms with van der Waals surface area (Å²) in [5, 5.41) is 3.75. The second kappa shape index (κ2) is 6.30. The number of nitrogens with zero attached hydrogens (tertiary/aromatic N) is 2. The molecule has 0 radical (unpaired) electrons. The molecule has 0 saturated carbocycles. The first-order valence-electron chi connectivity index (χ1n) is 7.59. The van der Waals surface area contributed by atoms with E-state index in [4.69, 9.17) is 4.52 Å². The normalized spacial score (nSPS) is 16.0. The lowest BCUT2D eigenvalue weighted by Gasteiger charge is -2.31. The van der Waals surface area contributed by atoms with Crippen LogP contribution in [0.1, 0.15) is 34.7 Å². The number of benzene rings is 1. The monoisotopic (exact) mass is 302 g/mol. The Kier molecular flexibility index (Phi) is 4.22. The molecule has 4 nitrogen and oxygen atoms in total. The molecule has 1 aromatic carbocycles. The molecule has 0 aliphatic carbocycles. The van der Waals surface area contributed by atoms with Crippen LogP contribution in [0.4, 0.5) is 4.39 Å². The lowest BCUT2D eigenvalue weighted by atomic mass is 9.90. The second-order valence-electron chi connectivity index (χ2n) is 5.90. The molecule has 0 atom stereocenters. The van der Waals surface area contributed by atoms with Crippen LogP contribution in [0.25, 0.3) is 0 Å². The van der Waals surface area contributed by atoms with E-state index in [1.54, 1.807) is 25.1 Å². The maximum Gasteiger partial charge on any atom is 0.292 e. The minimum absolute atomic E-state index is 0.0928. The third-order valence-electron chi connectivity index (χ3n) is 4.15. The summed E-state index contributed by atoms with van der Waals surface area (Å²) in [5.41, 5.74) is 1.74. The molecule has 2 aromatic rings. The van der Waals surface area contributed by atoms with Gasteiger partial charge < -0.3 is 9.42 Å². The molecule has 1 saturated heterocycles. The van der Waals surface area contributed by atoms with Crippen molar-refractivity contribution in [3.05, 3.63) is 53.2 Å². The first kappa shape index (κ1) is 14.8. The smallest absolute Gasteiger partial charge is 0.292 e. The van der Waals surface area contributed by atoms with Gasteiger partial charge in [0.1, 0.15) is 5.82 Å². The summed E-state index contributed by atoms with van der Waals surface area (Å²) in [7, 11) is 0. The average molecular weight is 302 g/mol. The highest BCUT2D eigenvalue weighted by molar-refractivity contribution is 5.91. The van der Waals surface area contributed by atoms with Crippen molar-refractivity contribution in [2.45, 2.75) is 26.2 Å². The van der Waals surface area contributed by atoms with Crippen LogP contribution in [0.3, 0.4) is 0 Å². The number of carbonyl (C=O) groups excluding carboxylic acids is 1. The minimum atomic E-state index is -0.189. The van der Waals surface area contributed by atoms with Crippen LogP contribution in [0.5, 0.6) is 0 Å². The molecule has 1 fully saturated rings. The minimum Gasteiger partial charge on any atom is -0.351 e. The Labute approximate surface area is 128 Å². The van der Waals surface area contributed by atoms with Crippen LogP contribution in [-0.2, 0) is 6.42 Å². The van der Waals surface area contributed by atoms with Crippen molar-refractivity contribution in [1.82, 2.24) is 10.1 Å². The van der Waals surface area contributed by atoms with E-state index < -0.39 is 0 Å². The number of hydrogen-bond donors (Lipinski definition) is 0. The number of piperidine rings is 1. The maximum atomic E-state index is 13.2. The van der Waals surface area contributed by atoms with Gasteiger partial charge in [-0.25, -0.2) is 4.39 Å². The van der Waals surface area contributed by atoms with Crippen molar-refractivity contribution < 1.29 is 13.7 Å². The average Bonchev–Trinajstić information content (AvgIpc) is 2.94. The SMILES string of the molecule is Cc1cc(C(=O)N2CCC(Cc3cccc(F)c3)CC2)on1. The van der Waals surface area contributed by atoms with E-state index in [9.17, 15) is 9.18 Å². The highest BCUT2D eigenvalue weighted by Crippen LogP contribution is 2.23. The summed E-state index contributed by atoms with van der Waals surface area (Å²) in [6.07, 6.45) is 2.71. The molecule has 0 spiro atoms. The quantitative estimate of drug-likeness (QED) is 0.874. The zero-order valence-electron chi connectivity index (χ0n) is 12.6. The van der Waals surface area contributed by atoms with Crippen molar-refractivity contribution in [3.8, 4) is 0 Å². The van der Waals surface area contributed by atoms with Crippen molar-refractivity contribution in [2.75, 3.05) is 13.1 Å². The van der Waals surface area contributed by atoms with Crippen LogP contribution in [0, 0.1) is 18.7 Å². The topological polar surface area (TPSA) is 46.3 Å². The van der Waals surface area contributed by atoms with Gasteiger partial charge in [0.15, 0.2) is 0 Å². The van der Waals surface area contributed by atoms with Crippen LogP contribution in [0.15, 0.2) is 34.9 Å². The Balaban J connectivity index is 1.55. The molecule has 3 rings (SSSR count). The second-order valence-corrected chi connectivity index (χ2v) is 5.90. The lowest BCUT2D eigenvalue weighted by molar-refractivity contribution is 0.0648. The van der Waals surface area contributed by atoms with Gasteiger partial charge in [0.05, 0.1) is 5.69 Å². The van der Waals surface area contributed by atoms with Gasteiger partial charge in [-0.3, -0.25) is 4.79 Å². The van der Waals surface area contributed by atoms with Crippen molar-refractivity contribution >= 4 is 5.91 Å². The van der Waals surface area contributed by atoms with Gasteiger partial charge in [0, 0.05) is 19.2 Å². The van der Waals surface area contributed by atoms with Gasteiger partial charge in [0.2, 0.25) is 5.76 Å². The van der Waals surface area contributed by atoms with Crippen molar-refractivity contribution in [2.24, 2.45) is 5.92 Å². The van der Waals surface area contributed by atoms with Crippen LogP contribution < -0.4 is 0 Å². The van der Waals surface area contributed by atoms with Crippen LogP contribution in [-0.4, -0.2) is 29.1 Å². The first-order valence-corrected chi connectivity index (χ1v) is 7.59. The van der Waals surface area contributed by atoms with E-state index in [0.29, 0.717) is 30.5 Å². The number of aromatic nitrogens is 1. The largest absolute Gasteiger partial charge is 0.351 e. The molecule has 0 unspecified atom stereocenters. The third-order valence-corrected chi connectivity index (χ3v) is 4.15. The summed E-state index contributed by atoms with van der Waals surface area (Å²) in [5.74, 6) is 0.513. The number of rotatable bonds is 3. The van der Waals surface area contributed by atoms with E-state index in [1.165, 1.54) is 6.07 Å². The standard InChI is InChI=1S/C17H19FN2O2/c1-12-9-16(22-19-12)17(21)20-7-5-13(6-8-20)10-14-3-2-4-15(18)11-14/h2-4,9,11,13H,5-8,10H2,1H3. The summed E-state index contributed by atoms with van der Waals surface area (Å²) in [6, 6.07) is 8.42. The number of amides is 1. The molecule has 2 heterocycles. The predicted molar refractivity (Wildman–Crippen MR) is 80.0 cm³/mol. The zero-order valence-corrected chi connectivity index (χ0v) is 12.6. The summed E-state index contributed by atoms with van der Waals surface area (Å²) in [6.45, 7) is 3.21. The molecule has 1 aliphatic heterocycles. The maximum absolute atomic E-state index is 13.2. The molecule has 0 bridgehead atoms. The molecule has 116 valence electrons. The van der Waals surface area contributed by atoms with Crippen LogP contribution >= 0.6 is 0 Å². The molecular formula is C17H19FN2O2. The van der Waals surface area contributed by atoms with Gasteiger partial charge >= 0.3 is 0 Å². The Morgan fingerprint density at radius 2 is 2.14 bits per heavy atom. The van der Waals surface area contributed by atoms with Crippen LogP contribution in [0.2, 0.25) is 0 Å². The molecular weight excluding hydrogens is 283 g/mol. The molecule has 1 aromatic heterocycles. The van der Waals surface area contributed by atoms with Crippen molar-refractivity contribution in [3.63, 3.8) is 0 Å². The summed E-state index contributed by atoms with van der Waals surface area (Å²) in [4.78, 5) is 14.1. The number of hydrogen-bond acceptors (Lipinski definition) is 3. The van der Waals surface area contributed by atoms with E-state index in [0.717, 1.165) is 24.8 Å². The molecule has 0 N–H and O–H groups in total. The highest BCUT2D eigenvalue weighted by Gasteiger charge is 2.25. The molecule has 22 heavy (non-hydrogen) atoms. The van der Waals surface area contributed by atoms with Gasteiger partial charge in [-0.2, -0.15) is 0 Å². The Bertz CT molecular complexity index is 660. The molecule has 1 amide bonds. The van der Waals surface area contributed by atoms with Crippen molar-refractivity contribution in [1.29, 1.82) is 0 Å². The fourth-order valence-electron chi connectivity index (χ4n) is 2.96. The summed E-state index contributed by atoms with van der Waals surface area (Å²) < 4.78 is 18.2. The van der Waals surface area contributed by atoms with E-state index in [-0.39, 0.29) is 11.7 Å². The first-order chi connectivity index (χ1) is 10.6. The number of aryl methyl sites for hydroxylation is 1. The fourth-order valence-corrected chi connectivity index (χ4v) is 2.96. The van der Waals surface area contributed by atoms with Gasteiger partial charge in [0.25, 0.3) is 5.91 Å². The van der Waals surface area contributed by atoms with E-state index in [1.807, 2.05) is 11.0 Å². The lowest BCUT2D eigenvalue weighted by Crippen LogP contribution is -2.38. The Morgan fingerprint density at radius 1 is 1.36 bits per heavy atom. The number of likely N-dealkylation sites (tertiary alicyclic amines) is 1. The number of carbonyl (C=O) groups is 1.